The van der Waals surface area contributed by atoms with Crippen LogP contribution in [0.3, 0.4) is 0 Å². The van der Waals surface area contributed by atoms with E-state index in [1.54, 1.807) is 12.5 Å². The number of aromatic amines is 1. The topological polar surface area (TPSA) is 41.6 Å². The Morgan fingerprint density at radius 2 is 1.10 bits per heavy atom. The van der Waals surface area contributed by atoms with Crippen molar-refractivity contribution >= 4 is 32.6 Å². The van der Waals surface area contributed by atoms with Crippen LogP contribution in [0.1, 0.15) is 0 Å². The van der Waals surface area contributed by atoms with Crippen molar-refractivity contribution in [3.8, 4) is 44.6 Å². The predicted molar refractivity (Wildman–Crippen MR) is 171 cm³/mol. The molecule has 0 spiro atoms. The SMILES string of the molecule is c1cc(-c2ccc(-c3ccc4[nH]c5ccccc5c4c3)cc2)c2c(-c3ccc(-c4ccncn4)cc3)cccc2c1. The molecular weight excluding hydrogens is 498 g/mol. The van der Waals surface area contributed by atoms with Crippen LogP contribution >= 0.6 is 0 Å². The van der Waals surface area contributed by atoms with Crippen LogP contribution in [0.2, 0.25) is 0 Å². The van der Waals surface area contributed by atoms with E-state index in [0.717, 1.165) is 11.3 Å². The summed E-state index contributed by atoms with van der Waals surface area (Å²) < 4.78 is 0. The molecule has 0 amide bonds. The molecule has 8 aromatic rings. The van der Waals surface area contributed by atoms with Crippen LogP contribution in [-0.4, -0.2) is 15.0 Å². The van der Waals surface area contributed by atoms with Crippen molar-refractivity contribution in [2.45, 2.75) is 0 Å². The molecule has 0 aliphatic heterocycles. The van der Waals surface area contributed by atoms with Gasteiger partial charge in [-0.2, -0.15) is 0 Å². The van der Waals surface area contributed by atoms with Crippen molar-refractivity contribution in [2.75, 3.05) is 0 Å². The summed E-state index contributed by atoms with van der Waals surface area (Å²) in [6.45, 7) is 0. The third-order valence-electron chi connectivity index (χ3n) is 8.01. The molecule has 3 nitrogen and oxygen atoms in total. The minimum Gasteiger partial charge on any atom is -0.355 e. The van der Waals surface area contributed by atoms with Crippen LogP contribution in [0.4, 0.5) is 0 Å². The number of H-pyrrole nitrogens is 1. The molecule has 1 N–H and O–H groups in total. The van der Waals surface area contributed by atoms with E-state index in [4.69, 9.17) is 0 Å². The lowest BCUT2D eigenvalue weighted by atomic mass is 9.90. The van der Waals surface area contributed by atoms with E-state index in [1.165, 1.54) is 66.0 Å². The first-order valence-corrected chi connectivity index (χ1v) is 13.8. The molecular formula is C38H25N3. The molecule has 8 rings (SSSR count). The second-order valence-corrected chi connectivity index (χ2v) is 10.4. The minimum absolute atomic E-state index is 0.925. The molecule has 6 aromatic carbocycles. The molecule has 0 aliphatic carbocycles. The Bertz CT molecular complexity index is 2170. The molecule has 3 heteroatoms. The number of rotatable bonds is 4. The molecule has 0 aliphatic rings. The first kappa shape index (κ1) is 23.4. The molecule has 2 aromatic heterocycles. The summed E-state index contributed by atoms with van der Waals surface area (Å²) >= 11 is 0. The minimum atomic E-state index is 0.925. The lowest BCUT2D eigenvalue weighted by molar-refractivity contribution is 1.17. The second-order valence-electron chi connectivity index (χ2n) is 10.4. The summed E-state index contributed by atoms with van der Waals surface area (Å²) in [5, 5.41) is 5.01. The van der Waals surface area contributed by atoms with Crippen LogP contribution in [0.25, 0.3) is 77.2 Å². The maximum atomic E-state index is 4.40. The predicted octanol–water partition coefficient (Wildman–Crippen LogP) is 9.93. The summed E-state index contributed by atoms with van der Waals surface area (Å²) in [7, 11) is 0. The van der Waals surface area contributed by atoms with Gasteiger partial charge in [0.2, 0.25) is 0 Å². The van der Waals surface area contributed by atoms with Gasteiger partial charge < -0.3 is 4.98 Å². The molecule has 0 saturated carbocycles. The number of hydrogen-bond donors (Lipinski definition) is 1. The van der Waals surface area contributed by atoms with Gasteiger partial charge in [-0.3, -0.25) is 0 Å². The number of aromatic nitrogens is 3. The number of nitrogens with one attached hydrogen (secondary N) is 1. The van der Waals surface area contributed by atoms with E-state index >= 15 is 0 Å². The standard InChI is InChI=1S/C38H25N3/c1-2-10-36-33(7-1)34-23-30(19-20-37(34)41-36)25-11-13-26(14-12-25)31-8-3-5-29-6-4-9-32(38(29)31)27-15-17-28(18-16-27)35-21-22-39-24-40-35/h1-24,41H. The Hall–Kier alpha value is -5.54. The summed E-state index contributed by atoms with van der Waals surface area (Å²) in [5.41, 5.74) is 11.6. The van der Waals surface area contributed by atoms with Gasteiger partial charge in [-0.05, 0) is 68.4 Å². The Balaban J connectivity index is 1.19. The smallest absolute Gasteiger partial charge is 0.116 e. The monoisotopic (exact) mass is 523 g/mol. The molecule has 0 atom stereocenters. The molecule has 192 valence electrons. The fourth-order valence-electron chi connectivity index (χ4n) is 5.97. The highest BCUT2D eigenvalue weighted by molar-refractivity contribution is 6.09. The van der Waals surface area contributed by atoms with E-state index in [0.29, 0.717) is 0 Å². The maximum Gasteiger partial charge on any atom is 0.116 e. The third-order valence-corrected chi connectivity index (χ3v) is 8.01. The largest absolute Gasteiger partial charge is 0.355 e. The van der Waals surface area contributed by atoms with Crippen LogP contribution in [-0.2, 0) is 0 Å². The first-order valence-electron chi connectivity index (χ1n) is 13.8. The maximum absolute atomic E-state index is 4.40. The quantitative estimate of drug-likeness (QED) is 0.249. The van der Waals surface area contributed by atoms with Gasteiger partial charge in [0.05, 0.1) is 5.69 Å². The van der Waals surface area contributed by atoms with Crippen LogP contribution in [0.15, 0.2) is 146 Å². The zero-order valence-corrected chi connectivity index (χ0v) is 22.3. The number of fused-ring (bicyclic) bond motifs is 4. The van der Waals surface area contributed by atoms with Gasteiger partial charge in [0.15, 0.2) is 0 Å². The third kappa shape index (κ3) is 4.07. The number of para-hydroxylation sites is 1. The van der Waals surface area contributed by atoms with Crippen LogP contribution < -0.4 is 0 Å². The summed E-state index contributed by atoms with van der Waals surface area (Å²) in [6.07, 6.45) is 3.37. The lowest BCUT2D eigenvalue weighted by Crippen LogP contribution is -1.88. The van der Waals surface area contributed by atoms with E-state index in [1.807, 2.05) is 6.07 Å². The van der Waals surface area contributed by atoms with Crippen molar-refractivity contribution in [1.82, 2.24) is 15.0 Å². The van der Waals surface area contributed by atoms with E-state index in [-0.39, 0.29) is 0 Å². The number of nitrogens with zero attached hydrogens (tertiary/aromatic N) is 2. The normalized spacial score (nSPS) is 11.4. The van der Waals surface area contributed by atoms with E-state index < -0.39 is 0 Å². The highest BCUT2D eigenvalue weighted by Gasteiger charge is 2.12. The Morgan fingerprint density at radius 1 is 0.463 bits per heavy atom. The lowest BCUT2D eigenvalue weighted by Gasteiger charge is -2.14. The number of hydrogen-bond acceptors (Lipinski definition) is 2. The van der Waals surface area contributed by atoms with Gasteiger partial charge >= 0.3 is 0 Å². The molecule has 0 radical (unpaired) electrons. The van der Waals surface area contributed by atoms with Gasteiger partial charge in [0, 0.05) is 33.6 Å². The number of benzene rings is 6. The first-order chi connectivity index (χ1) is 20.3. The van der Waals surface area contributed by atoms with Crippen LogP contribution in [0, 0.1) is 0 Å². The van der Waals surface area contributed by atoms with Crippen molar-refractivity contribution in [3.05, 3.63) is 146 Å². The fraction of sp³-hybridized carbons (Fsp3) is 0. The van der Waals surface area contributed by atoms with Gasteiger partial charge in [-0.25, -0.2) is 9.97 Å². The van der Waals surface area contributed by atoms with Gasteiger partial charge in [-0.1, -0.05) is 109 Å². The molecule has 0 unspecified atom stereocenters. The van der Waals surface area contributed by atoms with Crippen LogP contribution in [0.5, 0.6) is 0 Å². The molecule has 0 bridgehead atoms. The highest BCUT2D eigenvalue weighted by Crippen LogP contribution is 2.38. The fourth-order valence-corrected chi connectivity index (χ4v) is 5.97. The van der Waals surface area contributed by atoms with Crippen molar-refractivity contribution in [1.29, 1.82) is 0 Å². The van der Waals surface area contributed by atoms with E-state index in [9.17, 15) is 0 Å². The van der Waals surface area contributed by atoms with Crippen molar-refractivity contribution in [2.24, 2.45) is 0 Å². The summed E-state index contributed by atoms with van der Waals surface area (Å²) in [4.78, 5) is 12.0. The highest BCUT2D eigenvalue weighted by atomic mass is 14.8. The van der Waals surface area contributed by atoms with Gasteiger partial charge in [-0.15, -0.1) is 0 Å². The summed E-state index contributed by atoms with van der Waals surface area (Å²) in [5.74, 6) is 0. The van der Waals surface area contributed by atoms with Gasteiger partial charge in [0.1, 0.15) is 6.33 Å². The Kier molecular flexibility index (Phi) is 5.46. The summed E-state index contributed by atoms with van der Waals surface area (Å²) in [6, 6.07) is 47.9. The average molecular weight is 524 g/mol. The van der Waals surface area contributed by atoms with Gasteiger partial charge in [0.25, 0.3) is 0 Å². The van der Waals surface area contributed by atoms with Crippen molar-refractivity contribution in [3.63, 3.8) is 0 Å². The zero-order chi connectivity index (χ0) is 27.2. The molecule has 0 saturated heterocycles. The zero-order valence-electron chi connectivity index (χ0n) is 22.3. The molecule has 2 heterocycles. The second kappa shape index (κ2) is 9.58. The molecule has 41 heavy (non-hydrogen) atoms. The Labute approximate surface area is 237 Å². The Morgan fingerprint density at radius 3 is 1.80 bits per heavy atom. The molecule has 0 fully saturated rings. The van der Waals surface area contributed by atoms with Crippen molar-refractivity contribution < 1.29 is 0 Å². The average Bonchev–Trinajstić information content (AvgIpc) is 3.43. The van der Waals surface area contributed by atoms with E-state index in [2.05, 4.69) is 142 Å².